The highest BCUT2D eigenvalue weighted by Crippen LogP contribution is 2.49. The van der Waals surface area contributed by atoms with E-state index in [1.54, 1.807) is 18.0 Å². The molecular formula is C23H24F4N4O2. The average Bonchev–Trinajstić information content (AvgIpc) is 3.05. The Morgan fingerprint density at radius 3 is 2.52 bits per heavy atom. The molecule has 3 unspecified atom stereocenters. The van der Waals surface area contributed by atoms with E-state index in [-0.39, 0.29) is 49.2 Å². The predicted octanol–water partition coefficient (Wildman–Crippen LogP) is 3.30. The highest BCUT2D eigenvalue weighted by molar-refractivity contribution is 5.81. The number of aryl methyl sites for hydroxylation is 1. The number of pyridine rings is 1. The standard InChI is InChI=1S/C23H24F4N4O2/c1-29-19-18(31(21(29)33)11-16-8-23(16,26)27)3-2-17(28-19)12-4-13-9-30(10-14(13)5-12)20(32)15-6-22(24,25)7-15/h2-4,13-16H,5-11H2,1H3. The predicted molar refractivity (Wildman–Crippen MR) is 112 cm³/mol. The number of hydrogen-bond donors (Lipinski definition) is 0. The number of rotatable bonds is 4. The Hall–Kier alpha value is -2.65. The molecule has 2 saturated carbocycles. The van der Waals surface area contributed by atoms with Crippen molar-refractivity contribution in [3.63, 3.8) is 0 Å². The normalized spacial score (nSPS) is 29.8. The summed E-state index contributed by atoms with van der Waals surface area (Å²) in [6.07, 6.45) is 1.93. The summed E-state index contributed by atoms with van der Waals surface area (Å²) in [6.45, 7) is 1.06. The third-order valence-electron chi connectivity index (χ3n) is 7.81. The molecule has 33 heavy (non-hydrogen) atoms. The van der Waals surface area contributed by atoms with Gasteiger partial charge in [-0.05, 0) is 36.0 Å². The Balaban J connectivity index is 1.20. The lowest BCUT2D eigenvalue weighted by atomic mass is 9.80. The quantitative estimate of drug-likeness (QED) is 0.653. The third-order valence-corrected chi connectivity index (χ3v) is 7.81. The van der Waals surface area contributed by atoms with Gasteiger partial charge in [0, 0.05) is 57.8 Å². The molecular weight excluding hydrogens is 440 g/mol. The van der Waals surface area contributed by atoms with E-state index in [0.717, 1.165) is 17.7 Å². The number of carbonyl (C=O) groups is 1. The van der Waals surface area contributed by atoms with Crippen LogP contribution in [0.2, 0.25) is 0 Å². The van der Waals surface area contributed by atoms with Crippen LogP contribution in [0.15, 0.2) is 23.0 Å². The molecule has 176 valence electrons. The van der Waals surface area contributed by atoms with Crippen LogP contribution in [-0.2, 0) is 18.4 Å². The summed E-state index contributed by atoms with van der Waals surface area (Å²) in [5, 5.41) is 0. The van der Waals surface area contributed by atoms with Crippen LogP contribution in [0.1, 0.15) is 31.4 Å². The first-order chi connectivity index (χ1) is 15.5. The number of fused-ring (bicyclic) bond motifs is 2. The van der Waals surface area contributed by atoms with Crippen LogP contribution in [0, 0.1) is 23.7 Å². The van der Waals surface area contributed by atoms with E-state index in [9.17, 15) is 27.2 Å². The van der Waals surface area contributed by atoms with Crippen molar-refractivity contribution in [3.8, 4) is 0 Å². The van der Waals surface area contributed by atoms with E-state index in [4.69, 9.17) is 0 Å². The van der Waals surface area contributed by atoms with Crippen LogP contribution in [0.4, 0.5) is 17.6 Å². The van der Waals surface area contributed by atoms with Gasteiger partial charge >= 0.3 is 5.69 Å². The zero-order chi connectivity index (χ0) is 23.3. The van der Waals surface area contributed by atoms with Crippen LogP contribution in [-0.4, -0.2) is 49.9 Å². The van der Waals surface area contributed by atoms with Crippen LogP contribution >= 0.6 is 0 Å². The molecule has 6 rings (SSSR count). The maximum absolute atomic E-state index is 13.4. The van der Waals surface area contributed by atoms with Crippen molar-refractivity contribution in [1.29, 1.82) is 0 Å². The van der Waals surface area contributed by atoms with Gasteiger partial charge in [0.25, 0.3) is 5.92 Å². The third kappa shape index (κ3) is 3.32. The molecule has 2 aromatic heterocycles. The number of imidazole rings is 1. The number of allylic oxidation sites excluding steroid dienone is 1. The molecule has 1 aliphatic heterocycles. The van der Waals surface area contributed by atoms with E-state index in [1.165, 1.54) is 9.13 Å². The molecule has 0 radical (unpaired) electrons. The maximum Gasteiger partial charge on any atom is 0.330 e. The van der Waals surface area contributed by atoms with Gasteiger partial charge in [0.15, 0.2) is 5.65 Å². The van der Waals surface area contributed by atoms with Crippen molar-refractivity contribution >= 4 is 22.6 Å². The Morgan fingerprint density at radius 1 is 1.15 bits per heavy atom. The van der Waals surface area contributed by atoms with Crippen molar-refractivity contribution in [3.05, 3.63) is 34.4 Å². The minimum Gasteiger partial charge on any atom is -0.342 e. The molecule has 0 N–H and O–H groups in total. The fourth-order valence-corrected chi connectivity index (χ4v) is 5.69. The van der Waals surface area contributed by atoms with Crippen molar-refractivity contribution < 1.29 is 22.4 Å². The Bertz CT molecular complexity index is 1260. The Labute approximate surface area is 186 Å². The van der Waals surface area contributed by atoms with Gasteiger partial charge in [-0.15, -0.1) is 0 Å². The van der Waals surface area contributed by atoms with E-state index < -0.39 is 23.7 Å². The fraction of sp³-hybridized carbons (Fsp3) is 0.609. The highest BCUT2D eigenvalue weighted by Gasteiger charge is 2.57. The molecule has 2 aromatic rings. The second-order valence-corrected chi connectivity index (χ2v) is 10.2. The summed E-state index contributed by atoms with van der Waals surface area (Å²) >= 11 is 0. The van der Waals surface area contributed by atoms with Gasteiger partial charge < -0.3 is 4.90 Å². The summed E-state index contributed by atoms with van der Waals surface area (Å²) in [5.74, 6) is -6.55. The largest absolute Gasteiger partial charge is 0.342 e. The molecule has 0 aromatic carbocycles. The number of nitrogens with zero attached hydrogens (tertiary/aromatic N) is 4. The minimum atomic E-state index is -2.70. The topological polar surface area (TPSA) is 60.1 Å². The number of likely N-dealkylation sites (tertiary alicyclic amines) is 1. The van der Waals surface area contributed by atoms with E-state index in [1.807, 2.05) is 6.07 Å². The smallest absolute Gasteiger partial charge is 0.330 e. The summed E-state index contributed by atoms with van der Waals surface area (Å²) in [4.78, 5) is 31.5. The molecule has 0 spiro atoms. The van der Waals surface area contributed by atoms with Crippen LogP contribution in [0.25, 0.3) is 16.7 Å². The van der Waals surface area contributed by atoms with Crippen molar-refractivity contribution in [2.24, 2.45) is 30.7 Å². The van der Waals surface area contributed by atoms with Crippen molar-refractivity contribution in [2.45, 2.75) is 44.1 Å². The first-order valence-corrected chi connectivity index (χ1v) is 11.3. The van der Waals surface area contributed by atoms with Gasteiger partial charge in [-0.25, -0.2) is 27.3 Å². The molecule has 3 heterocycles. The molecule has 3 atom stereocenters. The SMILES string of the molecule is Cn1c(=O)n(CC2CC2(F)F)c2ccc(C3=CC4CN(C(=O)C5CC(F)(F)C5)CC4C3)nc21. The molecule has 3 fully saturated rings. The zero-order valence-corrected chi connectivity index (χ0v) is 18.1. The van der Waals surface area contributed by atoms with E-state index in [0.29, 0.717) is 24.3 Å². The van der Waals surface area contributed by atoms with Crippen LogP contribution in [0.5, 0.6) is 0 Å². The zero-order valence-electron chi connectivity index (χ0n) is 18.1. The molecule has 6 nitrogen and oxygen atoms in total. The second kappa shape index (κ2) is 6.70. The lowest BCUT2D eigenvalue weighted by Crippen LogP contribution is -2.46. The van der Waals surface area contributed by atoms with Gasteiger partial charge in [-0.1, -0.05) is 6.08 Å². The number of carbonyl (C=O) groups excluding carboxylic acids is 1. The van der Waals surface area contributed by atoms with Gasteiger partial charge in [0.2, 0.25) is 11.8 Å². The van der Waals surface area contributed by atoms with Crippen molar-refractivity contribution in [1.82, 2.24) is 19.0 Å². The molecule has 1 saturated heterocycles. The van der Waals surface area contributed by atoms with Gasteiger partial charge in [0.1, 0.15) is 0 Å². The summed E-state index contributed by atoms with van der Waals surface area (Å²) < 4.78 is 55.8. The maximum atomic E-state index is 13.4. The first kappa shape index (κ1) is 20.9. The lowest BCUT2D eigenvalue weighted by molar-refractivity contribution is -0.159. The molecule has 0 bridgehead atoms. The lowest BCUT2D eigenvalue weighted by Gasteiger charge is -2.36. The van der Waals surface area contributed by atoms with Crippen LogP contribution in [0.3, 0.4) is 0 Å². The van der Waals surface area contributed by atoms with Crippen molar-refractivity contribution in [2.75, 3.05) is 13.1 Å². The molecule has 1 amide bonds. The van der Waals surface area contributed by atoms with Crippen LogP contribution < -0.4 is 5.69 Å². The number of amides is 1. The van der Waals surface area contributed by atoms with Gasteiger partial charge in [-0.2, -0.15) is 0 Å². The summed E-state index contributed by atoms with van der Waals surface area (Å²) in [5.41, 5.74) is 2.41. The van der Waals surface area contributed by atoms with Gasteiger partial charge in [-0.3, -0.25) is 13.9 Å². The Kier molecular flexibility index (Phi) is 4.25. The molecule has 3 aliphatic carbocycles. The summed E-state index contributed by atoms with van der Waals surface area (Å²) in [6, 6.07) is 3.58. The number of hydrogen-bond acceptors (Lipinski definition) is 3. The Morgan fingerprint density at radius 2 is 1.88 bits per heavy atom. The minimum absolute atomic E-state index is 0.0200. The molecule has 4 aliphatic rings. The number of aromatic nitrogens is 3. The summed E-state index contributed by atoms with van der Waals surface area (Å²) in [7, 11) is 1.59. The van der Waals surface area contributed by atoms with E-state index in [2.05, 4.69) is 11.1 Å². The van der Waals surface area contributed by atoms with E-state index >= 15 is 0 Å². The fourth-order valence-electron chi connectivity index (χ4n) is 5.69. The average molecular weight is 464 g/mol. The second-order valence-electron chi connectivity index (χ2n) is 10.2. The number of halogens is 4. The molecule has 10 heteroatoms. The van der Waals surface area contributed by atoms with Gasteiger partial charge in [0.05, 0.1) is 11.2 Å². The first-order valence-electron chi connectivity index (χ1n) is 11.3. The highest BCUT2D eigenvalue weighted by atomic mass is 19.3. The number of alkyl halides is 4. The monoisotopic (exact) mass is 464 g/mol.